The molecule has 12 heteroatoms. The fourth-order valence-corrected chi connectivity index (χ4v) is 4.04. The van der Waals surface area contributed by atoms with E-state index >= 15 is 0 Å². The van der Waals surface area contributed by atoms with Gasteiger partial charge in [0, 0.05) is 12.6 Å². The monoisotopic (exact) mass is 450 g/mol. The number of hydrogen-bond donors (Lipinski definition) is 2. The fourth-order valence-electron chi connectivity index (χ4n) is 2.34. The first-order valence-corrected chi connectivity index (χ1v) is 9.63. The number of carbonyl (C=O) groups excluding carboxylic acids is 1. The summed E-state index contributed by atoms with van der Waals surface area (Å²) in [6, 6.07) is 6.62. The number of alkyl halides is 3. The van der Waals surface area contributed by atoms with Gasteiger partial charge in [-0.2, -0.15) is 13.2 Å². The predicted molar refractivity (Wildman–Crippen MR) is 99.4 cm³/mol. The molecule has 156 valence electrons. The lowest BCUT2D eigenvalue weighted by atomic mass is 10.2. The van der Waals surface area contributed by atoms with Crippen molar-refractivity contribution in [1.82, 2.24) is 0 Å². The van der Waals surface area contributed by atoms with Crippen LogP contribution in [0.15, 0.2) is 47.4 Å². The number of aliphatic carboxylic acids is 1. The van der Waals surface area contributed by atoms with Crippen LogP contribution >= 0.6 is 11.6 Å². The second-order valence-corrected chi connectivity index (χ2v) is 8.04. The number of anilines is 2. The Bertz CT molecular complexity index is 1040. The van der Waals surface area contributed by atoms with E-state index in [0.29, 0.717) is 12.1 Å². The van der Waals surface area contributed by atoms with Crippen molar-refractivity contribution in [2.45, 2.75) is 18.0 Å². The summed E-state index contributed by atoms with van der Waals surface area (Å²) in [4.78, 5) is 21.9. The quantitative estimate of drug-likeness (QED) is 0.700. The number of benzene rings is 2. The summed E-state index contributed by atoms with van der Waals surface area (Å²) in [5.74, 6) is -2.00. The SMILES string of the molecule is CC(=O)Nc1ccc(S(=O)(=O)N(CC(=O)O)c2cc(C(F)(F)F)ccc2Cl)cc1. The van der Waals surface area contributed by atoms with E-state index in [-0.39, 0.29) is 15.0 Å². The zero-order chi connectivity index (χ0) is 22.0. The van der Waals surface area contributed by atoms with Gasteiger partial charge in [-0.3, -0.25) is 13.9 Å². The van der Waals surface area contributed by atoms with E-state index in [1.807, 2.05) is 0 Å². The molecular weight excluding hydrogens is 437 g/mol. The predicted octanol–water partition coefficient (Wildman–Crippen LogP) is 3.60. The van der Waals surface area contributed by atoms with Crippen molar-refractivity contribution in [3.05, 3.63) is 53.1 Å². The van der Waals surface area contributed by atoms with Crippen molar-refractivity contribution in [1.29, 1.82) is 0 Å². The third kappa shape index (κ3) is 5.39. The van der Waals surface area contributed by atoms with Crippen LogP contribution in [-0.4, -0.2) is 31.9 Å². The number of carbonyl (C=O) groups is 2. The Balaban J connectivity index is 2.57. The number of nitrogens with one attached hydrogen (secondary N) is 1. The Morgan fingerprint density at radius 2 is 1.72 bits per heavy atom. The molecular formula is C17H14ClF3N2O5S. The molecule has 0 aliphatic heterocycles. The highest BCUT2D eigenvalue weighted by Gasteiger charge is 2.34. The molecule has 0 radical (unpaired) electrons. The second kappa shape index (κ2) is 8.29. The van der Waals surface area contributed by atoms with Gasteiger partial charge in [-0.25, -0.2) is 8.42 Å². The summed E-state index contributed by atoms with van der Waals surface area (Å²) in [5.41, 5.74) is -1.54. The molecule has 0 aliphatic carbocycles. The Morgan fingerprint density at radius 3 is 2.21 bits per heavy atom. The average molecular weight is 451 g/mol. The molecule has 29 heavy (non-hydrogen) atoms. The fraction of sp³-hybridized carbons (Fsp3) is 0.176. The molecule has 0 aromatic heterocycles. The van der Waals surface area contributed by atoms with Gasteiger partial charge in [0.25, 0.3) is 10.0 Å². The van der Waals surface area contributed by atoms with Crippen LogP contribution in [-0.2, 0) is 25.8 Å². The number of carboxylic acid groups (broad SMARTS) is 1. The van der Waals surface area contributed by atoms with Crippen LogP contribution in [0.1, 0.15) is 12.5 Å². The lowest BCUT2D eigenvalue weighted by molar-refractivity contribution is -0.137. The van der Waals surface area contributed by atoms with E-state index in [0.717, 1.165) is 18.2 Å². The van der Waals surface area contributed by atoms with E-state index in [1.165, 1.54) is 19.1 Å². The maximum atomic E-state index is 13.0. The summed E-state index contributed by atoms with van der Waals surface area (Å²) >= 11 is 5.89. The van der Waals surface area contributed by atoms with Crippen LogP contribution < -0.4 is 9.62 Å². The molecule has 0 unspecified atom stereocenters. The Hall–Kier alpha value is -2.79. The summed E-state index contributed by atoms with van der Waals surface area (Å²) in [7, 11) is -4.59. The van der Waals surface area contributed by atoms with Crippen molar-refractivity contribution in [3.63, 3.8) is 0 Å². The highest BCUT2D eigenvalue weighted by molar-refractivity contribution is 7.92. The van der Waals surface area contributed by atoms with E-state index in [2.05, 4.69) is 5.32 Å². The van der Waals surface area contributed by atoms with Gasteiger partial charge in [0.05, 0.1) is 21.2 Å². The minimum absolute atomic E-state index is 0.276. The van der Waals surface area contributed by atoms with E-state index < -0.39 is 50.8 Å². The van der Waals surface area contributed by atoms with Gasteiger partial charge >= 0.3 is 12.1 Å². The average Bonchev–Trinajstić information content (AvgIpc) is 2.59. The number of hydrogen-bond acceptors (Lipinski definition) is 4. The van der Waals surface area contributed by atoms with Crippen LogP contribution in [0.2, 0.25) is 5.02 Å². The van der Waals surface area contributed by atoms with Gasteiger partial charge in [0.2, 0.25) is 5.91 Å². The summed E-state index contributed by atoms with van der Waals surface area (Å²) in [6.07, 6.45) is -4.79. The number of amides is 1. The van der Waals surface area contributed by atoms with Gasteiger partial charge in [-0.05, 0) is 42.5 Å². The maximum absolute atomic E-state index is 13.0. The lowest BCUT2D eigenvalue weighted by Gasteiger charge is -2.24. The normalized spacial score (nSPS) is 11.8. The second-order valence-electron chi connectivity index (χ2n) is 5.77. The standard InChI is InChI=1S/C17H14ClF3N2O5S/c1-10(24)22-12-3-5-13(6-4-12)29(27,28)23(9-16(25)26)15-8-11(17(19,20)21)2-7-14(15)18/h2-8H,9H2,1H3,(H,22,24)(H,25,26). The van der Waals surface area contributed by atoms with Gasteiger partial charge in [0.15, 0.2) is 0 Å². The van der Waals surface area contributed by atoms with Crippen molar-refractivity contribution >= 4 is 44.9 Å². The molecule has 0 bridgehead atoms. The molecule has 0 atom stereocenters. The highest BCUT2D eigenvalue weighted by Crippen LogP contribution is 2.37. The lowest BCUT2D eigenvalue weighted by Crippen LogP contribution is -2.36. The van der Waals surface area contributed by atoms with Crippen LogP contribution in [0.5, 0.6) is 0 Å². The van der Waals surface area contributed by atoms with Crippen LogP contribution in [0.4, 0.5) is 24.5 Å². The first-order valence-electron chi connectivity index (χ1n) is 7.81. The van der Waals surface area contributed by atoms with Gasteiger partial charge < -0.3 is 10.4 Å². The van der Waals surface area contributed by atoms with Gasteiger partial charge in [0.1, 0.15) is 6.54 Å². The van der Waals surface area contributed by atoms with Crippen LogP contribution in [0, 0.1) is 0 Å². The summed E-state index contributed by atoms with van der Waals surface area (Å²) < 4.78 is 65.3. The molecule has 2 rings (SSSR count). The Labute approximate surface area is 168 Å². The van der Waals surface area contributed by atoms with Crippen LogP contribution in [0.25, 0.3) is 0 Å². The number of rotatable bonds is 6. The number of sulfonamides is 1. The minimum atomic E-state index is -4.79. The van der Waals surface area contributed by atoms with E-state index in [1.54, 1.807) is 0 Å². The zero-order valence-electron chi connectivity index (χ0n) is 14.7. The third-order valence-electron chi connectivity index (χ3n) is 3.58. The molecule has 0 spiro atoms. The minimum Gasteiger partial charge on any atom is -0.480 e. The number of carboxylic acids is 1. The molecule has 2 aromatic carbocycles. The van der Waals surface area contributed by atoms with Crippen molar-refractivity contribution in [3.8, 4) is 0 Å². The topological polar surface area (TPSA) is 104 Å². The summed E-state index contributed by atoms with van der Waals surface area (Å²) in [5, 5.41) is 11.1. The van der Waals surface area contributed by atoms with Gasteiger partial charge in [-0.15, -0.1) is 0 Å². The van der Waals surface area contributed by atoms with Crippen LogP contribution in [0.3, 0.4) is 0 Å². The molecule has 0 saturated heterocycles. The van der Waals surface area contributed by atoms with E-state index in [4.69, 9.17) is 16.7 Å². The third-order valence-corrected chi connectivity index (χ3v) is 5.68. The smallest absolute Gasteiger partial charge is 0.416 e. The van der Waals surface area contributed by atoms with Crippen molar-refractivity contribution in [2.75, 3.05) is 16.2 Å². The molecule has 1 amide bonds. The van der Waals surface area contributed by atoms with Crippen molar-refractivity contribution in [2.24, 2.45) is 0 Å². The molecule has 2 aromatic rings. The van der Waals surface area contributed by atoms with Crippen molar-refractivity contribution < 1.29 is 36.3 Å². The maximum Gasteiger partial charge on any atom is 0.416 e. The summed E-state index contributed by atoms with van der Waals surface area (Å²) in [6.45, 7) is 0.0890. The number of nitrogens with zero attached hydrogens (tertiary/aromatic N) is 1. The zero-order valence-corrected chi connectivity index (χ0v) is 16.3. The first-order chi connectivity index (χ1) is 13.3. The molecule has 2 N–H and O–H groups in total. The largest absolute Gasteiger partial charge is 0.480 e. The van der Waals surface area contributed by atoms with E-state index in [9.17, 15) is 31.2 Å². The molecule has 0 aliphatic rings. The molecule has 7 nitrogen and oxygen atoms in total. The van der Waals surface area contributed by atoms with Gasteiger partial charge in [-0.1, -0.05) is 11.6 Å². The molecule has 0 heterocycles. The highest BCUT2D eigenvalue weighted by atomic mass is 35.5. The first kappa shape index (κ1) is 22.5. The number of halogens is 4. The Kier molecular flexibility index (Phi) is 6.43. The molecule has 0 fully saturated rings. The Morgan fingerprint density at radius 1 is 1.14 bits per heavy atom. The molecule has 0 saturated carbocycles.